The number of carbonyl (C=O) groups is 1. The van der Waals surface area contributed by atoms with Crippen LogP contribution in [0.1, 0.15) is 32.6 Å². The average molecular weight is 501 g/mol. The zero-order valence-corrected chi connectivity index (χ0v) is 21.4. The molecule has 1 N–H and O–H groups in total. The zero-order valence-electron chi connectivity index (χ0n) is 20.6. The van der Waals surface area contributed by atoms with Crippen LogP contribution in [0.15, 0.2) is 48.5 Å². The Kier molecular flexibility index (Phi) is 7.70. The van der Waals surface area contributed by atoms with Crippen molar-refractivity contribution < 1.29 is 27.1 Å². The van der Waals surface area contributed by atoms with Gasteiger partial charge >= 0.3 is 0 Å². The Balaban J connectivity index is 2.19. The summed E-state index contributed by atoms with van der Waals surface area (Å²) in [5, 5.41) is 2.90. The van der Waals surface area contributed by atoms with Crippen LogP contribution in [0.3, 0.4) is 0 Å². The van der Waals surface area contributed by atoms with E-state index in [1.54, 1.807) is 6.07 Å². The number of rotatable bonds is 8. The fourth-order valence-electron chi connectivity index (χ4n) is 3.98. The van der Waals surface area contributed by atoms with Gasteiger partial charge in [-0.1, -0.05) is 35.9 Å². The van der Waals surface area contributed by atoms with Gasteiger partial charge in [-0.25, -0.2) is 12.8 Å². The summed E-state index contributed by atoms with van der Waals surface area (Å²) in [6.45, 7) is 5.41. The van der Waals surface area contributed by atoms with E-state index in [2.05, 4.69) is 5.32 Å². The molecule has 0 aliphatic carbocycles. The van der Waals surface area contributed by atoms with Gasteiger partial charge in [-0.05, 0) is 44.0 Å². The van der Waals surface area contributed by atoms with Gasteiger partial charge < -0.3 is 14.8 Å². The summed E-state index contributed by atoms with van der Waals surface area (Å²) in [4.78, 5) is 13.5. The van der Waals surface area contributed by atoms with Gasteiger partial charge in [0, 0.05) is 17.3 Å². The van der Waals surface area contributed by atoms with Crippen molar-refractivity contribution in [2.75, 3.05) is 30.1 Å². The molecule has 0 unspecified atom stereocenters. The normalized spacial score (nSPS) is 11.2. The van der Waals surface area contributed by atoms with Crippen molar-refractivity contribution in [1.82, 2.24) is 0 Å². The summed E-state index contributed by atoms with van der Waals surface area (Å²) in [5.74, 6) is -0.626. The van der Waals surface area contributed by atoms with E-state index in [4.69, 9.17) is 9.47 Å². The van der Waals surface area contributed by atoms with Crippen molar-refractivity contribution in [3.05, 3.63) is 82.2 Å². The fourth-order valence-corrected chi connectivity index (χ4v) is 4.86. The van der Waals surface area contributed by atoms with Gasteiger partial charge in [0.25, 0.3) is 5.91 Å². The predicted octanol–water partition coefficient (Wildman–Crippen LogP) is 4.99. The van der Waals surface area contributed by atoms with Crippen molar-refractivity contribution in [2.45, 2.75) is 27.3 Å². The SMILES string of the molecule is COc1cc(C(=O)Nc2c(C)cc(C)cc2C)c(N(Cc2ccccc2F)S(C)(=O)=O)cc1OC. The number of hydrogen-bond donors (Lipinski definition) is 1. The van der Waals surface area contributed by atoms with Gasteiger partial charge in [0.2, 0.25) is 10.0 Å². The van der Waals surface area contributed by atoms with Crippen LogP contribution in [0, 0.1) is 26.6 Å². The Morgan fingerprint density at radius 3 is 2.09 bits per heavy atom. The first-order chi connectivity index (χ1) is 16.5. The number of aryl methyl sites for hydroxylation is 3. The molecule has 7 nitrogen and oxygen atoms in total. The molecule has 1 amide bonds. The van der Waals surface area contributed by atoms with Crippen LogP contribution in [-0.4, -0.2) is 34.8 Å². The maximum atomic E-state index is 14.4. The van der Waals surface area contributed by atoms with E-state index >= 15 is 0 Å². The highest BCUT2D eigenvalue weighted by atomic mass is 32.2. The number of anilines is 2. The van der Waals surface area contributed by atoms with Gasteiger partial charge in [-0.2, -0.15) is 0 Å². The molecular weight excluding hydrogens is 471 g/mol. The highest BCUT2D eigenvalue weighted by Gasteiger charge is 2.27. The number of carbonyl (C=O) groups excluding carboxylic acids is 1. The Morgan fingerprint density at radius 1 is 0.971 bits per heavy atom. The lowest BCUT2D eigenvalue weighted by Crippen LogP contribution is -2.32. The minimum atomic E-state index is -3.94. The summed E-state index contributed by atoms with van der Waals surface area (Å²) < 4.78 is 51.9. The third-order valence-electron chi connectivity index (χ3n) is 5.60. The minimum Gasteiger partial charge on any atom is -0.493 e. The number of nitrogens with one attached hydrogen (secondary N) is 1. The molecule has 35 heavy (non-hydrogen) atoms. The predicted molar refractivity (Wildman–Crippen MR) is 136 cm³/mol. The standard InChI is InChI=1S/C26H29FN2O5S/c1-16-11-17(2)25(18(3)12-16)28-26(30)20-13-23(33-4)24(34-5)14-22(20)29(35(6,31)32)15-19-9-7-8-10-21(19)27/h7-14H,15H2,1-6H3,(H,28,30). The van der Waals surface area contributed by atoms with E-state index in [1.807, 2.05) is 32.9 Å². The molecule has 3 aromatic rings. The van der Waals surface area contributed by atoms with Crippen LogP contribution in [0.4, 0.5) is 15.8 Å². The summed E-state index contributed by atoms with van der Waals surface area (Å²) in [6, 6.07) is 12.6. The van der Waals surface area contributed by atoms with Crippen molar-refractivity contribution in [2.24, 2.45) is 0 Å². The Bertz CT molecular complexity index is 1350. The van der Waals surface area contributed by atoms with Crippen molar-refractivity contribution in [3.8, 4) is 11.5 Å². The lowest BCUT2D eigenvalue weighted by atomic mass is 10.0. The van der Waals surface area contributed by atoms with E-state index < -0.39 is 21.7 Å². The van der Waals surface area contributed by atoms with Gasteiger partial charge in [0.05, 0.1) is 38.3 Å². The molecule has 3 rings (SSSR count). The minimum absolute atomic E-state index is 0.0313. The topological polar surface area (TPSA) is 84.9 Å². The summed E-state index contributed by atoms with van der Waals surface area (Å²) in [5.41, 5.74) is 3.63. The van der Waals surface area contributed by atoms with E-state index in [9.17, 15) is 17.6 Å². The molecule has 0 heterocycles. The second kappa shape index (κ2) is 10.4. The molecule has 0 aliphatic rings. The quantitative estimate of drug-likeness (QED) is 0.471. The van der Waals surface area contributed by atoms with Gasteiger partial charge in [-0.15, -0.1) is 0 Å². The fraction of sp³-hybridized carbons (Fsp3) is 0.269. The first kappa shape index (κ1) is 26.0. The number of halogens is 1. The molecule has 0 radical (unpaired) electrons. The third-order valence-corrected chi connectivity index (χ3v) is 6.73. The van der Waals surface area contributed by atoms with Crippen LogP contribution < -0.4 is 19.1 Å². The zero-order chi connectivity index (χ0) is 25.9. The number of methoxy groups -OCH3 is 2. The molecule has 0 saturated heterocycles. The van der Waals surface area contributed by atoms with Crippen LogP contribution >= 0.6 is 0 Å². The number of hydrogen-bond acceptors (Lipinski definition) is 5. The maximum absolute atomic E-state index is 14.4. The molecule has 3 aromatic carbocycles. The molecule has 186 valence electrons. The Hall–Kier alpha value is -3.59. The average Bonchev–Trinajstić information content (AvgIpc) is 2.79. The summed E-state index contributed by atoms with van der Waals surface area (Å²) in [6.07, 6.45) is 1.00. The second-order valence-electron chi connectivity index (χ2n) is 8.31. The van der Waals surface area contributed by atoms with Crippen LogP contribution in [0.5, 0.6) is 11.5 Å². The molecule has 0 fully saturated rings. The third kappa shape index (κ3) is 5.74. The van der Waals surface area contributed by atoms with Gasteiger partial charge in [0.1, 0.15) is 5.82 Å². The molecule has 0 spiro atoms. The molecule has 9 heteroatoms. The van der Waals surface area contributed by atoms with Gasteiger partial charge in [-0.3, -0.25) is 9.10 Å². The number of benzene rings is 3. The maximum Gasteiger partial charge on any atom is 0.257 e. The number of sulfonamides is 1. The van der Waals surface area contributed by atoms with Crippen LogP contribution in [0.2, 0.25) is 0 Å². The highest BCUT2D eigenvalue weighted by Crippen LogP contribution is 2.37. The van der Waals surface area contributed by atoms with Crippen molar-refractivity contribution in [1.29, 1.82) is 0 Å². The van der Waals surface area contributed by atoms with E-state index in [-0.39, 0.29) is 34.9 Å². The molecule has 0 bridgehead atoms. The smallest absolute Gasteiger partial charge is 0.257 e. The molecule has 0 aromatic heterocycles. The van der Waals surface area contributed by atoms with Crippen molar-refractivity contribution >= 4 is 27.3 Å². The first-order valence-electron chi connectivity index (χ1n) is 10.8. The van der Waals surface area contributed by atoms with Crippen LogP contribution in [-0.2, 0) is 16.6 Å². The van der Waals surface area contributed by atoms with E-state index in [1.165, 1.54) is 44.6 Å². The monoisotopic (exact) mass is 500 g/mol. The van der Waals surface area contributed by atoms with E-state index in [0.29, 0.717) is 5.69 Å². The molecule has 0 aliphatic heterocycles. The lowest BCUT2D eigenvalue weighted by Gasteiger charge is -2.26. The lowest BCUT2D eigenvalue weighted by molar-refractivity contribution is 0.102. The van der Waals surface area contributed by atoms with Gasteiger partial charge in [0.15, 0.2) is 11.5 Å². The molecule has 0 saturated carbocycles. The highest BCUT2D eigenvalue weighted by molar-refractivity contribution is 7.92. The number of ether oxygens (including phenoxy) is 2. The van der Waals surface area contributed by atoms with Crippen LogP contribution in [0.25, 0.3) is 0 Å². The number of nitrogens with zero attached hydrogens (tertiary/aromatic N) is 1. The largest absolute Gasteiger partial charge is 0.493 e. The van der Waals surface area contributed by atoms with Crippen molar-refractivity contribution in [3.63, 3.8) is 0 Å². The molecular formula is C26H29FN2O5S. The Labute approximate surface area is 205 Å². The summed E-state index contributed by atoms with van der Waals surface area (Å²) in [7, 11) is -1.12. The summed E-state index contributed by atoms with van der Waals surface area (Å²) >= 11 is 0. The molecule has 0 atom stereocenters. The second-order valence-corrected chi connectivity index (χ2v) is 10.2. The Morgan fingerprint density at radius 2 is 1.54 bits per heavy atom. The number of amides is 1. The first-order valence-corrected chi connectivity index (χ1v) is 12.7. The van der Waals surface area contributed by atoms with E-state index in [0.717, 1.165) is 27.3 Å².